The number of amides is 1. The molecule has 136 valence electrons. The monoisotopic (exact) mass is 343 g/mol. The Morgan fingerprint density at radius 2 is 1.92 bits per heavy atom. The highest BCUT2D eigenvalue weighted by atomic mass is 16.6. The number of benzene rings is 1. The van der Waals surface area contributed by atoms with E-state index < -0.39 is 5.60 Å². The number of hydrogen-bond acceptors (Lipinski definition) is 3. The summed E-state index contributed by atoms with van der Waals surface area (Å²) in [6.45, 7) is 12.6. The summed E-state index contributed by atoms with van der Waals surface area (Å²) in [5, 5.41) is 0. The van der Waals surface area contributed by atoms with Gasteiger partial charge in [0.05, 0.1) is 7.11 Å². The number of fused-ring (bicyclic) bond motifs is 2. The molecule has 1 heterocycles. The molecule has 0 radical (unpaired) electrons. The Balaban J connectivity index is 1.72. The summed E-state index contributed by atoms with van der Waals surface area (Å²) < 4.78 is 11.2. The van der Waals surface area contributed by atoms with Gasteiger partial charge in [0, 0.05) is 22.9 Å². The molecule has 0 N–H and O–H groups in total. The lowest BCUT2D eigenvalue weighted by Crippen LogP contribution is -2.87. The zero-order valence-electron chi connectivity index (χ0n) is 16.4. The van der Waals surface area contributed by atoms with E-state index >= 15 is 0 Å². The van der Waals surface area contributed by atoms with Crippen LogP contribution in [0.3, 0.4) is 0 Å². The Labute approximate surface area is 150 Å². The average molecular weight is 343 g/mol. The van der Waals surface area contributed by atoms with Crippen molar-refractivity contribution in [3.63, 3.8) is 0 Å². The van der Waals surface area contributed by atoms with Crippen LogP contribution in [-0.2, 0) is 16.6 Å². The third-order valence-electron chi connectivity index (χ3n) is 7.08. The standard InChI is InChI=1S/C21H29NO3/c1-12-8-13-9-16-21(6)17(22(16)18(23)25-19(2,3)4)11-20(21,5)14(13)10-15(12)24-7/h8,10,16-17H,9,11H2,1-7H3/t16-,17?,20+,21?/m0/s1. The summed E-state index contributed by atoms with van der Waals surface area (Å²) in [4.78, 5) is 14.7. The van der Waals surface area contributed by atoms with Crippen LogP contribution in [-0.4, -0.2) is 35.8 Å². The maximum Gasteiger partial charge on any atom is 0.410 e. The second-order valence-corrected chi connectivity index (χ2v) is 9.42. The molecule has 1 aromatic carbocycles. The molecule has 3 aliphatic rings. The van der Waals surface area contributed by atoms with Gasteiger partial charge in [0.15, 0.2) is 0 Å². The van der Waals surface area contributed by atoms with E-state index in [1.54, 1.807) is 7.11 Å². The smallest absolute Gasteiger partial charge is 0.410 e. The van der Waals surface area contributed by atoms with Crippen LogP contribution in [0.15, 0.2) is 12.1 Å². The van der Waals surface area contributed by atoms with Crippen LogP contribution >= 0.6 is 0 Å². The van der Waals surface area contributed by atoms with Crippen LogP contribution in [0, 0.1) is 12.3 Å². The first-order chi connectivity index (χ1) is 11.5. The first-order valence-corrected chi connectivity index (χ1v) is 9.22. The van der Waals surface area contributed by atoms with E-state index in [9.17, 15) is 4.79 Å². The normalized spacial score (nSPS) is 35.1. The van der Waals surface area contributed by atoms with Crippen molar-refractivity contribution in [1.82, 2.24) is 4.90 Å². The first-order valence-electron chi connectivity index (χ1n) is 9.22. The fourth-order valence-electron chi connectivity index (χ4n) is 5.59. The molecule has 4 rings (SSSR count). The molecule has 4 nitrogen and oxygen atoms in total. The molecule has 2 aliphatic carbocycles. The predicted molar refractivity (Wildman–Crippen MR) is 97.2 cm³/mol. The van der Waals surface area contributed by atoms with Crippen LogP contribution in [0.1, 0.15) is 57.7 Å². The summed E-state index contributed by atoms with van der Waals surface area (Å²) in [7, 11) is 1.74. The maximum absolute atomic E-state index is 12.7. The van der Waals surface area contributed by atoms with Gasteiger partial charge in [-0.3, -0.25) is 0 Å². The van der Waals surface area contributed by atoms with E-state index in [1.165, 1.54) is 11.1 Å². The number of piperidine rings is 1. The number of rotatable bonds is 1. The molecule has 0 bridgehead atoms. The van der Waals surface area contributed by atoms with Crippen molar-refractivity contribution in [3.8, 4) is 5.75 Å². The summed E-state index contributed by atoms with van der Waals surface area (Å²) in [5.74, 6) is 0.966. The fraction of sp³-hybridized carbons (Fsp3) is 0.667. The van der Waals surface area contributed by atoms with Crippen LogP contribution in [0.4, 0.5) is 4.79 Å². The highest BCUT2D eigenvalue weighted by Gasteiger charge is 2.77. The lowest BCUT2D eigenvalue weighted by Gasteiger charge is -2.79. The molecule has 2 unspecified atom stereocenters. The van der Waals surface area contributed by atoms with E-state index in [0.717, 1.165) is 24.2 Å². The van der Waals surface area contributed by atoms with Gasteiger partial charge in [0.25, 0.3) is 0 Å². The van der Waals surface area contributed by atoms with E-state index in [2.05, 4.69) is 32.9 Å². The number of hydrogen-bond donors (Lipinski definition) is 0. The summed E-state index contributed by atoms with van der Waals surface area (Å²) in [5.41, 5.74) is 3.72. The minimum atomic E-state index is -0.452. The number of likely N-dealkylation sites (tertiary alicyclic amines) is 1. The topological polar surface area (TPSA) is 38.8 Å². The zero-order valence-corrected chi connectivity index (χ0v) is 16.4. The average Bonchev–Trinajstić information content (AvgIpc) is 2.49. The Bertz CT molecular complexity index is 765. The van der Waals surface area contributed by atoms with Gasteiger partial charge < -0.3 is 14.4 Å². The van der Waals surface area contributed by atoms with Crippen LogP contribution in [0.5, 0.6) is 5.75 Å². The van der Waals surface area contributed by atoms with Gasteiger partial charge in [0.2, 0.25) is 0 Å². The minimum absolute atomic E-state index is 0.107. The minimum Gasteiger partial charge on any atom is -0.496 e. The van der Waals surface area contributed by atoms with Gasteiger partial charge in [-0.15, -0.1) is 0 Å². The number of aryl methyl sites for hydroxylation is 1. The molecule has 1 saturated carbocycles. The number of ether oxygens (including phenoxy) is 2. The van der Waals surface area contributed by atoms with Crippen molar-refractivity contribution in [2.24, 2.45) is 5.41 Å². The van der Waals surface area contributed by atoms with Gasteiger partial charge in [-0.05, 0) is 63.3 Å². The lowest BCUT2D eigenvalue weighted by molar-refractivity contribution is -0.240. The highest BCUT2D eigenvalue weighted by molar-refractivity contribution is 5.73. The SMILES string of the molecule is COc1cc2c(cc1C)C[C@@H]1N(C(=O)OC(C)(C)C)C3C[C@@]2(C)C31C. The van der Waals surface area contributed by atoms with Crippen molar-refractivity contribution in [1.29, 1.82) is 0 Å². The largest absolute Gasteiger partial charge is 0.496 e. The van der Waals surface area contributed by atoms with Crippen molar-refractivity contribution in [3.05, 3.63) is 28.8 Å². The molecule has 1 aliphatic heterocycles. The Morgan fingerprint density at radius 3 is 2.52 bits per heavy atom. The van der Waals surface area contributed by atoms with Gasteiger partial charge in [-0.1, -0.05) is 19.9 Å². The van der Waals surface area contributed by atoms with Crippen molar-refractivity contribution >= 4 is 6.09 Å². The summed E-state index contributed by atoms with van der Waals surface area (Å²) in [6, 6.07) is 5.00. The molecule has 0 aromatic heterocycles. The number of carbonyl (C=O) groups excluding carboxylic acids is 1. The molecule has 1 aromatic rings. The fourth-order valence-corrected chi connectivity index (χ4v) is 5.59. The van der Waals surface area contributed by atoms with Crippen LogP contribution in [0.25, 0.3) is 0 Å². The second kappa shape index (κ2) is 4.72. The second-order valence-electron chi connectivity index (χ2n) is 9.42. The molecule has 1 saturated heterocycles. The lowest BCUT2D eigenvalue weighted by atomic mass is 9.35. The summed E-state index contributed by atoms with van der Waals surface area (Å²) in [6.07, 6.45) is 1.75. The third-order valence-corrected chi connectivity index (χ3v) is 7.08. The molecule has 25 heavy (non-hydrogen) atoms. The van der Waals surface area contributed by atoms with E-state index in [-0.39, 0.29) is 29.0 Å². The number of methoxy groups -OCH3 is 1. The Morgan fingerprint density at radius 1 is 1.24 bits per heavy atom. The van der Waals surface area contributed by atoms with Gasteiger partial charge in [-0.2, -0.15) is 0 Å². The van der Waals surface area contributed by atoms with Crippen molar-refractivity contribution in [2.75, 3.05) is 7.11 Å². The maximum atomic E-state index is 12.7. The van der Waals surface area contributed by atoms with E-state index in [0.29, 0.717) is 0 Å². The van der Waals surface area contributed by atoms with Crippen LogP contribution < -0.4 is 4.74 Å². The van der Waals surface area contributed by atoms with Crippen molar-refractivity contribution in [2.45, 2.75) is 77.5 Å². The molecule has 0 spiro atoms. The quantitative estimate of drug-likeness (QED) is 0.766. The van der Waals surface area contributed by atoms with Crippen LogP contribution in [0.2, 0.25) is 0 Å². The first kappa shape index (κ1) is 16.7. The Kier molecular flexibility index (Phi) is 3.16. The third kappa shape index (κ3) is 1.91. The van der Waals surface area contributed by atoms with Crippen molar-refractivity contribution < 1.29 is 14.3 Å². The van der Waals surface area contributed by atoms with Gasteiger partial charge in [-0.25, -0.2) is 4.79 Å². The number of carbonyl (C=O) groups is 1. The molecule has 2 fully saturated rings. The number of nitrogens with zero attached hydrogens (tertiary/aromatic N) is 1. The van der Waals surface area contributed by atoms with E-state index in [4.69, 9.17) is 9.47 Å². The predicted octanol–water partition coefficient (Wildman–Crippen LogP) is 4.22. The highest BCUT2D eigenvalue weighted by Crippen LogP contribution is 2.72. The summed E-state index contributed by atoms with van der Waals surface area (Å²) >= 11 is 0. The molecule has 1 amide bonds. The van der Waals surface area contributed by atoms with Gasteiger partial charge >= 0.3 is 6.09 Å². The Hall–Kier alpha value is -1.71. The molecule has 4 heteroatoms. The molecular weight excluding hydrogens is 314 g/mol. The van der Waals surface area contributed by atoms with E-state index in [1.807, 2.05) is 25.7 Å². The molecule has 4 atom stereocenters. The van der Waals surface area contributed by atoms with Gasteiger partial charge in [0.1, 0.15) is 11.4 Å². The molecular formula is C21H29NO3. The zero-order chi connectivity index (χ0) is 18.4.